The first kappa shape index (κ1) is 20.2. The van der Waals surface area contributed by atoms with Crippen LogP contribution in [0, 0.1) is 0 Å². The number of amides is 1. The van der Waals surface area contributed by atoms with Crippen molar-refractivity contribution in [2.45, 2.75) is 32.9 Å². The van der Waals surface area contributed by atoms with Crippen LogP contribution in [0.5, 0.6) is 5.75 Å². The molecule has 0 aliphatic carbocycles. The average Bonchev–Trinajstić information content (AvgIpc) is 2.58. The zero-order chi connectivity index (χ0) is 19.3. The highest BCUT2D eigenvalue weighted by Gasteiger charge is 2.26. The molecule has 7 nitrogen and oxygen atoms in total. The van der Waals surface area contributed by atoms with Gasteiger partial charge in [0.2, 0.25) is 0 Å². The molecule has 1 heterocycles. The lowest BCUT2D eigenvalue weighted by atomic mass is 10.2. The van der Waals surface area contributed by atoms with Gasteiger partial charge >= 0.3 is 6.09 Å². The average molecular weight is 383 g/mol. The van der Waals surface area contributed by atoms with E-state index in [4.69, 9.17) is 26.8 Å². The molecule has 0 atom stereocenters. The second-order valence-corrected chi connectivity index (χ2v) is 7.50. The largest absolute Gasteiger partial charge is 0.495 e. The molecule has 1 aromatic rings. The van der Waals surface area contributed by atoms with Gasteiger partial charge in [-0.2, -0.15) is 0 Å². The number of aliphatic imine (C=N–C) groups is 1. The monoisotopic (exact) mass is 382 g/mol. The third kappa shape index (κ3) is 5.69. The van der Waals surface area contributed by atoms with Gasteiger partial charge in [0.1, 0.15) is 11.4 Å². The third-order valence-electron chi connectivity index (χ3n) is 3.90. The maximum Gasteiger partial charge on any atom is 0.410 e. The number of guanidine groups is 1. The molecule has 0 aromatic heterocycles. The van der Waals surface area contributed by atoms with Gasteiger partial charge in [0, 0.05) is 26.2 Å². The molecule has 0 unspecified atom stereocenters. The fraction of sp³-hybridized carbons (Fsp3) is 0.556. The molecule has 144 valence electrons. The van der Waals surface area contributed by atoms with Crippen molar-refractivity contribution in [2.24, 2.45) is 10.7 Å². The fourth-order valence-corrected chi connectivity index (χ4v) is 2.81. The third-order valence-corrected chi connectivity index (χ3v) is 4.19. The summed E-state index contributed by atoms with van der Waals surface area (Å²) in [6, 6.07) is 5.53. The van der Waals surface area contributed by atoms with Gasteiger partial charge in [-0.1, -0.05) is 17.7 Å². The van der Waals surface area contributed by atoms with Gasteiger partial charge in [-0.05, 0) is 38.5 Å². The van der Waals surface area contributed by atoms with E-state index in [1.807, 2.05) is 43.9 Å². The molecule has 8 heteroatoms. The Hall–Kier alpha value is -2.15. The van der Waals surface area contributed by atoms with Crippen molar-refractivity contribution in [3.63, 3.8) is 0 Å². The molecule has 2 rings (SSSR count). The lowest BCUT2D eigenvalue weighted by Crippen LogP contribution is -2.53. The van der Waals surface area contributed by atoms with Crippen molar-refractivity contribution in [3.8, 4) is 5.75 Å². The number of methoxy groups -OCH3 is 1. The standard InChI is InChI=1S/C18H27ClN4O3/c1-18(2,3)26-17(24)23-9-7-22(8-10-23)16(20)21-12-13-5-6-15(25-4)14(19)11-13/h5-6,11H,7-10,12H2,1-4H3,(H2,20,21). The van der Waals surface area contributed by atoms with E-state index in [2.05, 4.69) is 4.99 Å². The number of carbonyl (C=O) groups excluding carboxylic acids is 1. The molecule has 0 radical (unpaired) electrons. The van der Waals surface area contributed by atoms with Crippen molar-refractivity contribution in [2.75, 3.05) is 33.3 Å². The summed E-state index contributed by atoms with van der Waals surface area (Å²) >= 11 is 6.12. The number of piperazine rings is 1. The minimum Gasteiger partial charge on any atom is -0.495 e. The molecule has 26 heavy (non-hydrogen) atoms. The number of hydrogen-bond donors (Lipinski definition) is 1. The van der Waals surface area contributed by atoms with E-state index in [1.54, 1.807) is 12.0 Å². The van der Waals surface area contributed by atoms with Crippen molar-refractivity contribution < 1.29 is 14.3 Å². The quantitative estimate of drug-likeness (QED) is 0.642. The van der Waals surface area contributed by atoms with Gasteiger partial charge in [0.25, 0.3) is 0 Å². The van der Waals surface area contributed by atoms with E-state index >= 15 is 0 Å². The molecule has 1 aromatic carbocycles. The maximum absolute atomic E-state index is 12.1. The van der Waals surface area contributed by atoms with Crippen LogP contribution in [0.4, 0.5) is 4.79 Å². The fourth-order valence-electron chi connectivity index (χ4n) is 2.53. The van der Waals surface area contributed by atoms with Gasteiger partial charge < -0.3 is 25.0 Å². The maximum atomic E-state index is 12.1. The molecule has 2 N–H and O–H groups in total. The van der Waals surface area contributed by atoms with E-state index in [0.29, 0.717) is 49.5 Å². The van der Waals surface area contributed by atoms with Crippen LogP contribution in [0.2, 0.25) is 5.02 Å². The van der Waals surface area contributed by atoms with Crippen LogP contribution < -0.4 is 10.5 Å². The summed E-state index contributed by atoms with van der Waals surface area (Å²) < 4.78 is 10.5. The Morgan fingerprint density at radius 1 is 1.23 bits per heavy atom. The Bertz CT molecular complexity index is 665. The Morgan fingerprint density at radius 3 is 2.38 bits per heavy atom. The molecule has 1 fully saturated rings. The van der Waals surface area contributed by atoms with Gasteiger partial charge in [0.15, 0.2) is 5.96 Å². The zero-order valence-electron chi connectivity index (χ0n) is 15.8. The van der Waals surface area contributed by atoms with E-state index in [-0.39, 0.29) is 6.09 Å². The normalized spacial score (nSPS) is 15.8. The number of rotatable bonds is 3. The highest BCUT2D eigenvalue weighted by molar-refractivity contribution is 6.32. The predicted octanol–water partition coefficient (Wildman–Crippen LogP) is 2.72. The first-order valence-electron chi connectivity index (χ1n) is 8.55. The van der Waals surface area contributed by atoms with E-state index in [1.165, 1.54) is 0 Å². The van der Waals surface area contributed by atoms with E-state index in [9.17, 15) is 4.79 Å². The molecule has 0 spiro atoms. The first-order chi connectivity index (χ1) is 12.2. The van der Waals surface area contributed by atoms with Crippen LogP contribution in [0.15, 0.2) is 23.2 Å². The summed E-state index contributed by atoms with van der Waals surface area (Å²) in [4.78, 5) is 20.2. The highest BCUT2D eigenvalue weighted by atomic mass is 35.5. The van der Waals surface area contributed by atoms with Crippen molar-refractivity contribution in [3.05, 3.63) is 28.8 Å². The van der Waals surface area contributed by atoms with Gasteiger partial charge in [0.05, 0.1) is 18.7 Å². The lowest BCUT2D eigenvalue weighted by Gasteiger charge is -2.36. The Labute approximate surface area is 159 Å². The molecule has 0 saturated carbocycles. The molecule has 1 aliphatic rings. The number of ether oxygens (including phenoxy) is 2. The van der Waals surface area contributed by atoms with Crippen LogP contribution in [0.25, 0.3) is 0 Å². The minimum atomic E-state index is -0.492. The topological polar surface area (TPSA) is 80.4 Å². The number of carbonyl (C=O) groups is 1. The Kier molecular flexibility index (Phi) is 6.58. The van der Waals surface area contributed by atoms with Crippen LogP contribution >= 0.6 is 11.6 Å². The lowest BCUT2D eigenvalue weighted by molar-refractivity contribution is 0.0186. The van der Waals surface area contributed by atoms with Crippen molar-refractivity contribution in [1.82, 2.24) is 9.80 Å². The molecule has 1 saturated heterocycles. The van der Waals surface area contributed by atoms with Gasteiger partial charge in [-0.15, -0.1) is 0 Å². The zero-order valence-corrected chi connectivity index (χ0v) is 16.5. The van der Waals surface area contributed by atoms with E-state index < -0.39 is 5.60 Å². The second kappa shape index (κ2) is 8.49. The molecule has 1 aliphatic heterocycles. The number of nitrogens with zero attached hydrogens (tertiary/aromatic N) is 3. The van der Waals surface area contributed by atoms with Crippen LogP contribution in [0.1, 0.15) is 26.3 Å². The molecular weight excluding hydrogens is 356 g/mol. The summed E-state index contributed by atoms with van der Waals surface area (Å²) in [6.45, 7) is 8.36. The smallest absolute Gasteiger partial charge is 0.410 e. The van der Waals surface area contributed by atoms with Crippen LogP contribution in [-0.4, -0.2) is 60.7 Å². The summed E-state index contributed by atoms with van der Waals surface area (Å²) in [7, 11) is 1.58. The molecule has 0 bridgehead atoms. The summed E-state index contributed by atoms with van der Waals surface area (Å²) in [5.41, 5.74) is 6.56. The van der Waals surface area contributed by atoms with Crippen LogP contribution in [-0.2, 0) is 11.3 Å². The number of nitrogens with two attached hydrogens (primary N) is 1. The molecule has 1 amide bonds. The second-order valence-electron chi connectivity index (χ2n) is 7.10. The minimum absolute atomic E-state index is 0.291. The SMILES string of the molecule is COc1ccc(CN=C(N)N2CCN(C(=O)OC(C)(C)C)CC2)cc1Cl. The predicted molar refractivity (Wildman–Crippen MR) is 103 cm³/mol. The highest BCUT2D eigenvalue weighted by Crippen LogP contribution is 2.25. The summed E-state index contributed by atoms with van der Waals surface area (Å²) in [5, 5.41) is 0.546. The van der Waals surface area contributed by atoms with Crippen molar-refractivity contribution >= 4 is 23.7 Å². The van der Waals surface area contributed by atoms with E-state index in [0.717, 1.165) is 5.56 Å². The Morgan fingerprint density at radius 2 is 1.85 bits per heavy atom. The molecular formula is C18H27ClN4O3. The van der Waals surface area contributed by atoms with Crippen LogP contribution in [0.3, 0.4) is 0 Å². The first-order valence-corrected chi connectivity index (χ1v) is 8.92. The Balaban J connectivity index is 1.87. The number of halogens is 1. The number of hydrogen-bond acceptors (Lipinski definition) is 4. The van der Waals surface area contributed by atoms with Gasteiger partial charge in [-0.3, -0.25) is 0 Å². The van der Waals surface area contributed by atoms with Crippen molar-refractivity contribution in [1.29, 1.82) is 0 Å². The summed E-state index contributed by atoms with van der Waals surface area (Å²) in [6.07, 6.45) is -0.291. The van der Waals surface area contributed by atoms with Gasteiger partial charge in [-0.25, -0.2) is 9.79 Å². The number of benzene rings is 1. The summed E-state index contributed by atoms with van der Waals surface area (Å²) in [5.74, 6) is 1.09.